The average Bonchev–Trinajstić information content (AvgIpc) is 2.03. The number of ether oxygens (including phenoxy) is 1. The van der Waals surface area contributed by atoms with Crippen LogP contribution in [-0.2, 0) is 0 Å². The maximum atomic E-state index is 5.84. The van der Waals surface area contributed by atoms with E-state index in [1.807, 2.05) is 13.3 Å². The van der Waals surface area contributed by atoms with Crippen molar-refractivity contribution in [3.8, 4) is 5.75 Å². The van der Waals surface area contributed by atoms with Gasteiger partial charge in [-0.25, -0.2) is 0 Å². The van der Waals surface area contributed by atoms with Crippen molar-refractivity contribution in [1.82, 2.24) is 0 Å². The summed E-state index contributed by atoms with van der Waals surface area (Å²) in [5, 5.41) is 1.16. The van der Waals surface area contributed by atoms with Gasteiger partial charge >= 0.3 is 0 Å². The summed E-state index contributed by atoms with van der Waals surface area (Å²) in [4.78, 5) is 0. The number of benzene rings is 1. The number of rotatable bonds is 3. The molecule has 0 fully saturated rings. The van der Waals surface area contributed by atoms with Gasteiger partial charge in [-0.15, -0.1) is 0 Å². The molecule has 0 N–H and O–H groups in total. The summed E-state index contributed by atoms with van der Waals surface area (Å²) in [5.41, 5.74) is 0. The van der Waals surface area contributed by atoms with Crippen molar-refractivity contribution in [2.45, 2.75) is 6.92 Å². The van der Waals surface area contributed by atoms with Crippen molar-refractivity contribution >= 4 is 23.2 Å². The second-order valence-corrected chi connectivity index (χ2v) is 3.14. The van der Waals surface area contributed by atoms with Gasteiger partial charge in [0.25, 0.3) is 0 Å². The molecule has 0 aliphatic carbocycles. The van der Waals surface area contributed by atoms with Gasteiger partial charge in [-0.2, -0.15) is 0 Å². The van der Waals surface area contributed by atoms with E-state index in [-0.39, 0.29) is 0 Å². The Morgan fingerprint density at radius 2 is 2.17 bits per heavy atom. The lowest BCUT2D eigenvalue weighted by Crippen LogP contribution is -1.95. The van der Waals surface area contributed by atoms with Crippen molar-refractivity contribution in [3.05, 3.63) is 34.7 Å². The predicted octanol–water partition coefficient (Wildman–Crippen LogP) is 3.60. The summed E-state index contributed by atoms with van der Waals surface area (Å²) in [6, 6.07) is 5.17. The first-order valence-electron chi connectivity index (χ1n) is 3.59. The normalized spacial score (nSPS) is 9.92. The highest BCUT2D eigenvalue weighted by atomic mass is 35.5. The molecule has 0 bridgehead atoms. The van der Waals surface area contributed by atoms with Crippen molar-refractivity contribution in [2.24, 2.45) is 0 Å². The molecule has 0 spiro atoms. The molecule has 0 atom stereocenters. The molecule has 1 aromatic rings. The third-order valence-corrected chi connectivity index (χ3v) is 1.83. The highest BCUT2D eigenvalue weighted by Crippen LogP contribution is 2.27. The number of hydrogen-bond acceptors (Lipinski definition) is 1. The fourth-order valence-corrected chi connectivity index (χ4v) is 1.23. The minimum atomic E-state index is 0.546. The highest BCUT2D eigenvalue weighted by Gasteiger charge is 2.00. The van der Waals surface area contributed by atoms with Crippen LogP contribution in [-0.4, -0.2) is 6.61 Å². The van der Waals surface area contributed by atoms with Crippen molar-refractivity contribution in [1.29, 1.82) is 0 Å². The predicted molar refractivity (Wildman–Crippen MR) is 51.9 cm³/mol. The van der Waals surface area contributed by atoms with Crippen molar-refractivity contribution in [3.63, 3.8) is 0 Å². The minimum absolute atomic E-state index is 0.546. The summed E-state index contributed by atoms with van der Waals surface area (Å²) in [6.07, 6.45) is 1.91. The van der Waals surface area contributed by atoms with E-state index in [9.17, 15) is 0 Å². The maximum absolute atomic E-state index is 5.84. The molecule has 0 heterocycles. The molecular weight excluding hydrogens is 195 g/mol. The number of halogens is 2. The van der Waals surface area contributed by atoms with E-state index in [0.717, 1.165) is 0 Å². The van der Waals surface area contributed by atoms with Gasteiger partial charge in [-0.1, -0.05) is 30.1 Å². The molecule has 3 heteroatoms. The molecule has 0 aliphatic heterocycles. The van der Waals surface area contributed by atoms with Crippen LogP contribution in [0.4, 0.5) is 0 Å². The van der Waals surface area contributed by atoms with Crippen LogP contribution in [0.15, 0.2) is 18.2 Å². The summed E-state index contributed by atoms with van der Waals surface area (Å²) < 4.78 is 5.29. The Balaban J connectivity index is 2.72. The van der Waals surface area contributed by atoms with Crippen LogP contribution in [0.25, 0.3) is 0 Å². The summed E-state index contributed by atoms with van der Waals surface area (Å²) in [7, 11) is 0. The molecule has 65 valence electrons. The second kappa shape index (κ2) is 4.58. The molecule has 1 rings (SSSR count). The van der Waals surface area contributed by atoms with Crippen LogP contribution in [0.1, 0.15) is 6.92 Å². The Morgan fingerprint density at radius 1 is 1.42 bits per heavy atom. The molecule has 1 radical (unpaired) electrons. The van der Waals surface area contributed by atoms with Gasteiger partial charge in [0.05, 0.1) is 11.6 Å². The summed E-state index contributed by atoms with van der Waals surface area (Å²) in [6.45, 7) is 2.48. The average molecular weight is 204 g/mol. The largest absolute Gasteiger partial charge is 0.492 e. The molecular formula is C9H9Cl2O. The lowest BCUT2D eigenvalue weighted by atomic mass is 10.3. The molecule has 12 heavy (non-hydrogen) atoms. The first kappa shape index (κ1) is 9.69. The van der Waals surface area contributed by atoms with Crippen molar-refractivity contribution < 1.29 is 4.74 Å². The molecule has 0 aromatic heterocycles. The third kappa shape index (κ3) is 2.58. The van der Waals surface area contributed by atoms with Gasteiger partial charge in [0, 0.05) is 5.02 Å². The van der Waals surface area contributed by atoms with E-state index in [4.69, 9.17) is 27.9 Å². The van der Waals surface area contributed by atoms with E-state index >= 15 is 0 Å². The summed E-state index contributed by atoms with van der Waals surface area (Å²) >= 11 is 11.5. The van der Waals surface area contributed by atoms with Gasteiger partial charge in [0.15, 0.2) is 0 Å². The standard InChI is InChI=1S/C9H9Cl2O/c1-2-5-12-9-4-3-7(10)6-8(9)11/h2-4,6H,5H2,1H3. The zero-order valence-corrected chi connectivity index (χ0v) is 8.19. The summed E-state index contributed by atoms with van der Waals surface area (Å²) in [5.74, 6) is 0.666. The van der Waals surface area contributed by atoms with Crippen LogP contribution in [0.5, 0.6) is 5.75 Å². The van der Waals surface area contributed by atoms with Gasteiger partial charge in [-0.3, -0.25) is 0 Å². The van der Waals surface area contributed by atoms with Crippen LogP contribution in [0.2, 0.25) is 10.0 Å². The Bertz CT molecular complexity index is 261. The van der Waals surface area contributed by atoms with Crippen LogP contribution in [0.3, 0.4) is 0 Å². The fraction of sp³-hybridized carbons (Fsp3) is 0.222. The molecule has 0 saturated carbocycles. The monoisotopic (exact) mass is 203 g/mol. The molecule has 0 aliphatic rings. The quantitative estimate of drug-likeness (QED) is 0.730. The fourth-order valence-electron chi connectivity index (χ4n) is 0.765. The topological polar surface area (TPSA) is 9.23 Å². The first-order chi connectivity index (χ1) is 5.74. The molecule has 1 nitrogen and oxygen atoms in total. The smallest absolute Gasteiger partial charge is 0.137 e. The Kier molecular flexibility index (Phi) is 3.70. The van der Waals surface area contributed by atoms with Gasteiger partial charge < -0.3 is 4.74 Å². The Hall–Kier alpha value is -0.400. The van der Waals surface area contributed by atoms with E-state index in [0.29, 0.717) is 22.4 Å². The first-order valence-corrected chi connectivity index (χ1v) is 4.35. The molecule has 0 amide bonds. The maximum Gasteiger partial charge on any atom is 0.137 e. The zero-order valence-electron chi connectivity index (χ0n) is 6.68. The molecule has 1 aromatic carbocycles. The van der Waals surface area contributed by atoms with Gasteiger partial charge in [-0.05, 0) is 24.6 Å². The lowest BCUT2D eigenvalue weighted by Gasteiger charge is -2.05. The molecule has 0 saturated heterocycles. The Morgan fingerprint density at radius 3 is 2.75 bits per heavy atom. The van der Waals surface area contributed by atoms with Crippen LogP contribution in [0, 0.1) is 6.42 Å². The van der Waals surface area contributed by atoms with Crippen molar-refractivity contribution in [2.75, 3.05) is 6.61 Å². The minimum Gasteiger partial charge on any atom is -0.492 e. The second-order valence-electron chi connectivity index (χ2n) is 2.29. The van der Waals surface area contributed by atoms with E-state index in [2.05, 4.69) is 0 Å². The van der Waals surface area contributed by atoms with E-state index in [1.165, 1.54) is 0 Å². The number of hydrogen-bond donors (Lipinski definition) is 0. The molecule has 0 unspecified atom stereocenters. The lowest BCUT2D eigenvalue weighted by molar-refractivity contribution is 0.350. The highest BCUT2D eigenvalue weighted by molar-refractivity contribution is 6.35. The van der Waals surface area contributed by atoms with Crippen LogP contribution >= 0.6 is 23.2 Å². The third-order valence-electron chi connectivity index (χ3n) is 1.30. The van der Waals surface area contributed by atoms with E-state index in [1.54, 1.807) is 18.2 Å². The van der Waals surface area contributed by atoms with Crippen LogP contribution < -0.4 is 4.74 Å². The van der Waals surface area contributed by atoms with Gasteiger partial charge in [0.2, 0.25) is 0 Å². The Labute approximate surface area is 82.2 Å². The van der Waals surface area contributed by atoms with Gasteiger partial charge in [0.1, 0.15) is 5.75 Å². The zero-order chi connectivity index (χ0) is 8.97. The SMILES string of the molecule is C[CH]COc1ccc(Cl)cc1Cl. The van der Waals surface area contributed by atoms with E-state index < -0.39 is 0 Å².